The van der Waals surface area contributed by atoms with Gasteiger partial charge in [-0.3, -0.25) is 19.2 Å². The van der Waals surface area contributed by atoms with Crippen LogP contribution in [0.5, 0.6) is 17.2 Å². The SMILES string of the molecule is CCOc1cc2c(c3c1[C@H](C(C)C)C1=C(O3)C(C)(C)C(=O)C(C)(C)C1=O)[C@@H](C(C)C)C1=C(O2)C(C)(C)C(=O)C(C)(C)C1=O. The topological polar surface area (TPSA) is 96.0 Å². The second-order valence-electron chi connectivity index (χ2n) is 15.4. The number of rotatable bonds is 4. The second-order valence-corrected chi connectivity index (χ2v) is 15.4. The Bertz CT molecular complexity index is 1560. The number of fused-ring (bicyclic) bond motifs is 3. The lowest BCUT2D eigenvalue weighted by Crippen LogP contribution is -2.53. The van der Waals surface area contributed by atoms with Crippen molar-refractivity contribution >= 4 is 23.1 Å². The van der Waals surface area contributed by atoms with Crippen molar-refractivity contribution in [3.63, 3.8) is 0 Å². The van der Waals surface area contributed by atoms with Gasteiger partial charge < -0.3 is 14.2 Å². The van der Waals surface area contributed by atoms with E-state index in [0.29, 0.717) is 52.1 Å². The molecule has 1 aromatic rings. The summed E-state index contributed by atoms with van der Waals surface area (Å²) >= 11 is 0. The van der Waals surface area contributed by atoms with Crippen LogP contribution >= 0.6 is 0 Å². The molecular formula is C36H46O7. The van der Waals surface area contributed by atoms with E-state index in [1.165, 1.54) is 0 Å². The lowest BCUT2D eigenvalue weighted by molar-refractivity contribution is -0.146. The second kappa shape index (κ2) is 9.39. The van der Waals surface area contributed by atoms with Crippen LogP contribution in [0.1, 0.15) is 113 Å². The molecule has 0 radical (unpaired) electrons. The van der Waals surface area contributed by atoms with Gasteiger partial charge in [-0.25, -0.2) is 0 Å². The summed E-state index contributed by atoms with van der Waals surface area (Å²) in [6, 6.07) is 1.83. The maximum Gasteiger partial charge on any atom is 0.175 e. The standard InChI is InChI=1S/C36H46O7/c1-14-41-18-15-19-23(21(17(4)5)24-27(37)33(6,7)31(39)35(10,11)29(24)42-19)26-22(18)20(16(2)3)25-28(38)34(8,9)32(40)36(12,13)30(25)43-26/h15-17,20-21H,14H2,1-13H3/t20-,21+/m0/s1. The van der Waals surface area contributed by atoms with Crippen molar-refractivity contribution in [2.24, 2.45) is 33.5 Å². The monoisotopic (exact) mass is 590 g/mol. The van der Waals surface area contributed by atoms with Crippen LogP contribution in [-0.4, -0.2) is 29.7 Å². The van der Waals surface area contributed by atoms with Gasteiger partial charge in [-0.15, -0.1) is 0 Å². The zero-order chi connectivity index (χ0) is 32.4. The summed E-state index contributed by atoms with van der Waals surface area (Å²) in [5, 5.41) is 0. The van der Waals surface area contributed by atoms with Gasteiger partial charge in [-0.1, -0.05) is 27.7 Å². The zero-order valence-corrected chi connectivity index (χ0v) is 28.0. The van der Waals surface area contributed by atoms with Gasteiger partial charge in [-0.05, 0) is 74.1 Å². The summed E-state index contributed by atoms with van der Waals surface area (Å²) in [7, 11) is 0. The molecule has 0 unspecified atom stereocenters. The Labute approximate surface area is 255 Å². The Balaban J connectivity index is 1.90. The lowest BCUT2D eigenvalue weighted by atomic mass is 9.58. The number of Topliss-reactive ketones (excluding diaryl/α,β-unsaturated/α-hetero) is 4. The molecule has 43 heavy (non-hydrogen) atoms. The Kier molecular flexibility index (Phi) is 6.82. The molecule has 232 valence electrons. The van der Waals surface area contributed by atoms with Crippen molar-refractivity contribution in [2.45, 2.75) is 102 Å². The number of benzene rings is 1. The van der Waals surface area contributed by atoms with E-state index in [0.717, 1.165) is 5.56 Å². The van der Waals surface area contributed by atoms with Crippen LogP contribution in [0.4, 0.5) is 0 Å². The van der Waals surface area contributed by atoms with E-state index >= 15 is 0 Å². The van der Waals surface area contributed by atoms with Gasteiger partial charge in [0.15, 0.2) is 23.1 Å². The summed E-state index contributed by atoms with van der Waals surface area (Å²) in [6.07, 6.45) is 0. The van der Waals surface area contributed by atoms with E-state index in [9.17, 15) is 19.2 Å². The van der Waals surface area contributed by atoms with Gasteiger partial charge in [-0.2, -0.15) is 0 Å². The Morgan fingerprint density at radius 1 is 0.674 bits per heavy atom. The molecule has 7 nitrogen and oxygen atoms in total. The highest BCUT2D eigenvalue weighted by molar-refractivity contribution is 6.21. The number of hydrogen-bond acceptors (Lipinski definition) is 7. The summed E-state index contributed by atoms with van der Waals surface area (Å²) in [5.74, 6) is 0.354. The largest absolute Gasteiger partial charge is 0.493 e. The minimum Gasteiger partial charge on any atom is -0.493 e. The molecule has 0 N–H and O–H groups in total. The predicted molar refractivity (Wildman–Crippen MR) is 163 cm³/mol. The predicted octanol–water partition coefficient (Wildman–Crippen LogP) is 7.27. The Morgan fingerprint density at radius 3 is 1.51 bits per heavy atom. The number of carbonyl (C=O) groups excluding carboxylic acids is 4. The fourth-order valence-corrected chi connectivity index (χ4v) is 7.99. The third kappa shape index (κ3) is 3.91. The van der Waals surface area contributed by atoms with Gasteiger partial charge in [0, 0.05) is 40.2 Å². The van der Waals surface area contributed by atoms with Crippen LogP contribution in [0.25, 0.3) is 0 Å². The van der Waals surface area contributed by atoms with Crippen molar-refractivity contribution in [3.05, 3.63) is 39.9 Å². The van der Waals surface area contributed by atoms with E-state index in [1.54, 1.807) is 27.7 Å². The minimum atomic E-state index is -1.23. The average Bonchev–Trinajstić information content (AvgIpc) is 2.91. The summed E-state index contributed by atoms with van der Waals surface area (Å²) in [6.45, 7) is 24.5. The molecule has 5 rings (SSSR count). The van der Waals surface area contributed by atoms with Gasteiger partial charge >= 0.3 is 0 Å². The van der Waals surface area contributed by atoms with Crippen molar-refractivity contribution in [1.82, 2.24) is 0 Å². The van der Waals surface area contributed by atoms with E-state index in [-0.39, 0.29) is 35.0 Å². The van der Waals surface area contributed by atoms with Crippen LogP contribution < -0.4 is 14.2 Å². The molecule has 0 aromatic heterocycles. The molecule has 4 aliphatic rings. The first-order valence-electron chi connectivity index (χ1n) is 15.5. The van der Waals surface area contributed by atoms with Gasteiger partial charge in [0.25, 0.3) is 0 Å². The molecular weight excluding hydrogens is 544 g/mol. The number of allylic oxidation sites excluding steroid dienone is 4. The van der Waals surface area contributed by atoms with E-state index in [2.05, 4.69) is 13.8 Å². The van der Waals surface area contributed by atoms with Crippen molar-refractivity contribution in [2.75, 3.05) is 6.61 Å². The number of ether oxygens (including phenoxy) is 3. The molecule has 2 atom stereocenters. The normalized spacial score (nSPS) is 26.5. The fourth-order valence-electron chi connectivity index (χ4n) is 7.99. The highest BCUT2D eigenvalue weighted by Gasteiger charge is 2.60. The van der Waals surface area contributed by atoms with Gasteiger partial charge in [0.2, 0.25) is 0 Å². The minimum absolute atomic E-state index is 0.0442. The molecule has 0 spiro atoms. The number of ketones is 4. The van der Waals surface area contributed by atoms with Crippen molar-refractivity contribution < 1.29 is 33.4 Å². The van der Waals surface area contributed by atoms with E-state index in [1.807, 2.05) is 54.5 Å². The van der Waals surface area contributed by atoms with Crippen LogP contribution in [-0.2, 0) is 19.2 Å². The fraction of sp³-hybridized carbons (Fsp3) is 0.611. The molecule has 0 bridgehead atoms. The summed E-state index contributed by atoms with van der Waals surface area (Å²) in [4.78, 5) is 55.7. The van der Waals surface area contributed by atoms with Crippen LogP contribution in [0.3, 0.4) is 0 Å². The highest BCUT2D eigenvalue weighted by Crippen LogP contribution is 2.63. The van der Waals surface area contributed by atoms with Gasteiger partial charge in [0.1, 0.15) is 28.8 Å². The molecule has 0 amide bonds. The molecule has 0 fully saturated rings. The van der Waals surface area contributed by atoms with Crippen LogP contribution in [0.15, 0.2) is 28.7 Å². The zero-order valence-electron chi connectivity index (χ0n) is 28.0. The first-order chi connectivity index (χ1) is 19.7. The van der Waals surface area contributed by atoms with Gasteiger partial charge in [0.05, 0.1) is 28.3 Å². The third-order valence-corrected chi connectivity index (χ3v) is 10.1. The molecule has 7 heteroatoms. The van der Waals surface area contributed by atoms with E-state index in [4.69, 9.17) is 14.2 Å². The highest BCUT2D eigenvalue weighted by atomic mass is 16.5. The lowest BCUT2D eigenvalue weighted by Gasteiger charge is -2.48. The van der Waals surface area contributed by atoms with E-state index < -0.39 is 33.5 Å². The Hall–Kier alpha value is -3.22. The van der Waals surface area contributed by atoms with Crippen molar-refractivity contribution in [1.29, 1.82) is 0 Å². The van der Waals surface area contributed by atoms with Crippen LogP contribution in [0.2, 0.25) is 0 Å². The molecule has 2 aliphatic heterocycles. The number of carbonyl (C=O) groups is 4. The Morgan fingerprint density at radius 2 is 1.09 bits per heavy atom. The summed E-state index contributed by atoms with van der Waals surface area (Å²) in [5.41, 5.74) is -2.12. The van der Waals surface area contributed by atoms with Crippen molar-refractivity contribution in [3.8, 4) is 17.2 Å². The molecule has 0 saturated heterocycles. The quantitative estimate of drug-likeness (QED) is 0.340. The maximum atomic E-state index is 14.2. The molecule has 0 saturated carbocycles. The third-order valence-electron chi connectivity index (χ3n) is 10.1. The maximum absolute atomic E-state index is 14.2. The smallest absolute Gasteiger partial charge is 0.175 e. The number of hydrogen-bond donors (Lipinski definition) is 0. The molecule has 2 heterocycles. The first kappa shape index (κ1) is 31.2. The summed E-state index contributed by atoms with van der Waals surface area (Å²) < 4.78 is 19.7. The van der Waals surface area contributed by atoms with Crippen LogP contribution in [0, 0.1) is 33.5 Å². The average molecular weight is 591 g/mol. The molecule has 2 aliphatic carbocycles. The first-order valence-corrected chi connectivity index (χ1v) is 15.5. The molecule has 1 aromatic carbocycles.